The molecule has 0 saturated heterocycles. The van der Waals surface area contributed by atoms with E-state index in [1.807, 2.05) is 0 Å². The van der Waals surface area contributed by atoms with Crippen molar-refractivity contribution in [1.29, 1.82) is 5.26 Å². The minimum Gasteiger partial charge on any atom is -0.495 e. The summed E-state index contributed by atoms with van der Waals surface area (Å²) in [6.07, 6.45) is -2.81. The number of nitrogens with zero attached hydrogens (tertiary/aromatic N) is 2. The second kappa shape index (κ2) is 4.66. The molecule has 0 atom stereocenters. The second-order valence-corrected chi connectivity index (χ2v) is 2.64. The molecule has 0 aromatic carbocycles. The van der Waals surface area contributed by atoms with Gasteiger partial charge in [0.25, 0.3) is 6.43 Å². The van der Waals surface area contributed by atoms with Crippen molar-refractivity contribution >= 4 is 0 Å². The molecule has 1 rings (SSSR count). The Morgan fingerprint density at radius 3 is 2.73 bits per heavy atom. The number of halogens is 2. The highest BCUT2D eigenvalue weighted by atomic mass is 19.3. The maximum atomic E-state index is 12.5. The van der Waals surface area contributed by atoms with Crippen LogP contribution >= 0.6 is 0 Å². The van der Waals surface area contributed by atoms with E-state index in [0.29, 0.717) is 0 Å². The number of hydrogen-bond donors (Lipinski definition) is 1. The van der Waals surface area contributed by atoms with Crippen LogP contribution in [0.25, 0.3) is 0 Å². The van der Waals surface area contributed by atoms with Gasteiger partial charge in [0.05, 0.1) is 25.0 Å². The predicted molar refractivity (Wildman–Crippen MR) is 46.4 cm³/mol. The van der Waals surface area contributed by atoms with Crippen LogP contribution in [0.1, 0.15) is 23.4 Å². The van der Waals surface area contributed by atoms with Crippen LogP contribution in [0, 0.1) is 11.3 Å². The summed E-state index contributed by atoms with van der Waals surface area (Å²) >= 11 is 0. The van der Waals surface area contributed by atoms with Gasteiger partial charge in [-0.2, -0.15) is 5.26 Å². The number of aliphatic hydroxyl groups is 1. The van der Waals surface area contributed by atoms with Gasteiger partial charge in [-0.05, 0) is 0 Å². The Labute approximate surface area is 84.7 Å². The molecule has 0 aliphatic rings. The molecule has 0 bridgehead atoms. The van der Waals surface area contributed by atoms with E-state index in [-0.39, 0.29) is 17.0 Å². The van der Waals surface area contributed by atoms with Gasteiger partial charge in [0, 0.05) is 6.07 Å². The summed E-state index contributed by atoms with van der Waals surface area (Å²) < 4.78 is 29.6. The number of aliphatic hydroxyl groups excluding tert-OH is 1. The Balaban J connectivity index is 3.36. The number of methoxy groups -OCH3 is 1. The van der Waals surface area contributed by atoms with E-state index in [9.17, 15) is 8.78 Å². The van der Waals surface area contributed by atoms with Crippen molar-refractivity contribution in [2.75, 3.05) is 7.11 Å². The molecule has 0 saturated carbocycles. The first-order chi connectivity index (χ1) is 7.13. The van der Waals surface area contributed by atoms with Crippen molar-refractivity contribution in [2.45, 2.75) is 13.0 Å². The molecule has 0 aliphatic heterocycles. The molecule has 0 fully saturated rings. The SMILES string of the molecule is COc1cc(C#N)c(CO)nc1C(F)F. The summed E-state index contributed by atoms with van der Waals surface area (Å²) in [4.78, 5) is 3.48. The molecule has 4 nitrogen and oxygen atoms in total. The van der Waals surface area contributed by atoms with Crippen LogP contribution in [0.3, 0.4) is 0 Å². The number of aromatic nitrogens is 1. The summed E-state index contributed by atoms with van der Waals surface area (Å²) in [5.74, 6) is -0.154. The summed E-state index contributed by atoms with van der Waals surface area (Å²) in [7, 11) is 1.21. The third kappa shape index (κ3) is 2.19. The van der Waals surface area contributed by atoms with Gasteiger partial charge in [-0.3, -0.25) is 0 Å². The van der Waals surface area contributed by atoms with E-state index < -0.39 is 18.7 Å². The van der Waals surface area contributed by atoms with Crippen LogP contribution in [-0.2, 0) is 6.61 Å². The lowest BCUT2D eigenvalue weighted by Gasteiger charge is -2.09. The molecule has 6 heteroatoms. The lowest BCUT2D eigenvalue weighted by atomic mass is 10.2. The zero-order valence-electron chi connectivity index (χ0n) is 7.87. The molecular weight excluding hydrogens is 206 g/mol. The predicted octanol–water partition coefficient (Wildman–Crippen LogP) is 1.39. The molecule has 0 radical (unpaired) electrons. The van der Waals surface area contributed by atoms with Crippen LogP contribution in [0.15, 0.2) is 6.07 Å². The Kier molecular flexibility index (Phi) is 3.52. The first-order valence-corrected chi connectivity index (χ1v) is 4.01. The number of rotatable bonds is 3. The van der Waals surface area contributed by atoms with Crippen LogP contribution in [0.4, 0.5) is 8.78 Å². The fraction of sp³-hybridized carbons (Fsp3) is 0.333. The van der Waals surface area contributed by atoms with Gasteiger partial charge in [-0.1, -0.05) is 0 Å². The van der Waals surface area contributed by atoms with E-state index in [0.717, 1.165) is 6.07 Å². The lowest BCUT2D eigenvalue weighted by molar-refractivity contribution is 0.140. The van der Waals surface area contributed by atoms with Gasteiger partial charge in [-0.15, -0.1) is 0 Å². The first-order valence-electron chi connectivity index (χ1n) is 4.01. The maximum Gasteiger partial charge on any atom is 0.284 e. The van der Waals surface area contributed by atoms with Gasteiger partial charge in [-0.25, -0.2) is 13.8 Å². The summed E-state index contributed by atoms with van der Waals surface area (Å²) in [5, 5.41) is 17.5. The van der Waals surface area contributed by atoms with Crippen LogP contribution in [0.2, 0.25) is 0 Å². The largest absolute Gasteiger partial charge is 0.495 e. The third-order valence-corrected chi connectivity index (χ3v) is 1.79. The standard InChI is InChI=1S/C9H8F2N2O2/c1-15-7-2-5(3-12)6(4-14)13-8(7)9(10)11/h2,9,14H,4H2,1H3. The highest BCUT2D eigenvalue weighted by Gasteiger charge is 2.19. The maximum absolute atomic E-state index is 12.5. The van der Waals surface area contributed by atoms with Crippen molar-refractivity contribution in [3.05, 3.63) is 23.0 Å². The van der Waals surface area contributed by atoms with Crippen LogP contribution in [0.5, 0.6) is 5.75 Å². The number of ether oxygens (including phenoxy) is 1. The average molecular weight is 214 g/mol. The van der Waals surface area contributed by atoms with E-state index in [1.165, 1.54) is 7.11 Å². The number of alkyl halides is 2. The molecule has 0 unspecified atom stereocenters. The van der Waals surface area contributed by atoms with Crippen LogP contribution in [-0.4, -0.2) is 17.2 Å². The highest BCUT2D eigenvalue weighted by molar-refractivity contribution is 5.42. The van der Waals surface area contributed by atoms with E-state index in [2.05, 4.69) is 9.72 Å². The minimum atomic E-state index is -2.81. The minimum absolute atomic E-state index is 0.0266. The van der Waals surface area contributed by atoms with Gasteiger partial charge < -0.3 is 9.84 Å². The molecule has 0 spiro atoms. The van der Waals surface area contributed by atoms with Crippen molar-refractivity contribution < 1.29 is 18.6 Å². The molecule has 80 valence electrons. The molecule has 1 aromatic rings. The highest BCUT2D eigenvalue weighted by Crippen LogP contribution is 2.28. The van der Waals surface area contributed by atoms with Crippen molar-refractivity contribution in [1.82, 2.24) is 4.98 Å². The van der Waals surface area contributed by atoms with Crippen molar-refractivity contribution in [2.24, 2.45) is 0 Å². The van der Waals surface area contributed by atoms with Crippen LogP contribution < -0.4 is 4.74 Å². The van der Waals surface area contributed by atoms with Gasteiger partial charge in [0.2, 0.25) is 0 Å². The monoisotopic (exact) mass is 214 g/mol. The lowest BCUT2D eigenvalue weighted by Crippen LogP contribution is -2.03. The fourth-order valence-corrected chi connectivity index (χ4v) is 1.09. The fourth-order valence-electron chi connectivity index (χ4n) is 1.09. The Morgan fingerprint density at radius 1 is 1.67 bits per heavy atom. The van der Waals surface area contributed by atoms with Gasteiger partial charge in [0.1, 0.15) is 17.5 Å². The summed E-state index contributed by atoms with van der Waals surface area (Å²) in [6.45, 7) is -0.563. The smallest absolute Gasteiger partial charge is 0.284 e. The van der Waals surface area contributed by atoms with E-state index in [1.54, 1.807) is 6.07 Å². The quantitative estimate of drug-likeness (QED) is 0.825. The average Bonchev–Trinajstić information content (AvgIpc) is 2.26. The molecule has 15 heavy (non-hydrogen) atoms. The van der Waals surface area contributed by atoms with Crippen molar-refractivity contribution in [3.8, 4) is 11.8 Å². The Bertz CT molecular complexity index is 402. The number of pyridine rings is 1. The summed E-state index contributed by atoms with van der Waals surface area (Å²) in [6, 6.07) is 2.88. The molecular formula is C9H8F2N2O2. The number of hydrogen-bond acceptors (Lipinski definition) is 4. The topological polar surface area (TPSA) is 66.1 Å². The molecule has 0 amide bonds. The molecule has 1 aromatic heterocycles. The third-order valence-electron chi connectivity index (χ3n) is 1.79. The summed E-state index contributed by atoms with van der Waals surface area (Å²) in [5.41, 5.74) is -0.618. The Hall–Kier alpha value is -1.74. The Morgan fingerprint density at radius 2 is 2.33 bits per heavy atom. The number of nitriles is 1. The molecule has 1 N–H and O–H groups in total. The first kappa shape index (κ1) is 11.3. The second-order valence-electron chi connectivity index (χ2n) is 2.64. The molecule has 0 aliphatic carbocycles. The normalized spacial score (nSPS) is 10.1. The molecule has 1 heterocycles. The van der Waals surface area contributed by atoms with Gasteiger partial charge in [0.15, 0.2) is 0 Å². The zero-order chi connectivity index (χ0) is 11.4. The van der Waals surface area contributed by atoms with E-state index in [4.69, 9.17) is 10.4 Å². The van der Waals surface area contributed by atoms with Crippen molar-refractivity contribution in [3.63, 3.8) is 0 Å². The van der Waals surface area contributed by atoms with E-state index >= 15 is 0 Å². The van der Waals surface area contributed by atoms with Gasteiger partial charge >= 0.3 is 0 Å². The zero-order valence-corrected chi connectivity index (χ0v) is 7.87.